The molecule has 0 radical (unpaired) electrons. The SMILES string of the molecule is Cc1ncnc(OCC2CCN(C(=O)c3cc(C4CC4)on3)CC2)c1C. The standard InChI is InChI=1S/C19H24N4O3/c1-12-13(2)20-11-21-18(12)25-10-14-5-7-23(8-6-14)19(24)16-9-17(26-22-16)15-3-4-15/h9,11,14-15H,3-8,10H2,1-2H3. The lowest BCUT2D eigenvalue weighted by atomic mass is 9.97. The minimum atomic E-state index is -0.0257. The first-order valence-corrected chi connectivity index (χ1v) is 9.28. The number of carbonyl (C=O) groups is 1. The molecular formula is C19H24N4O3. The molecule has 0 aromatic carbocycles. The summed E-state index contributed by atoms with van der Waals surface area (Å²) in [6, 6.07) is 1.81. The van der Waals surface area contributed by atoms with Crippen molar-refractivity contribution in [2.24, 2.45) is 5.92 Å². The van der Waals surface area contributed by atoms with Gasteiger partial charge < -0.3 is 14.2 Å². The highest BCUT2D eigenvalue weighted by Crippen LogP contribution is 2.40. The Morgan fingerprint density at radius 3 is 2.73 bits per heavy atom. The molecule has 138 valence electrons. The second kappa shape index (κ2) is 7.05. The number of rotatable bonds is 5. The molecular weight excluding hydrogens is 332 g/mol. The molecule has 0 atom stereocenters. The van der Waals surface area contributed by atoms with Crippen molar-refractivity contribution in [1.82, 2.24) is 20.0 Å². The van der Waals surface area contributed by atoms with Crippen LogP contribution in [0.15, 0.2) is 16.9 Å². The van der Waals surface area contributed by atoms with Crippen molar-refractivity contribution in [2.45, 2.75) is 45.4 Å². The monoisotopic (exact) mass is 356 g/mol. The molecule has 0 spiro atoms. The fourth-order valence-corrected chi connectivity index (χ4v) is 3.27. The molecule has 7 nitrogen and oxygen atoms in total. The molecule has 2 aromatic rings. The summed E-state index contributed by atoms with van der Waals surface area (Å²) in [7, 11) is 0. The first-order chi connectivity index (χ1) is 12.6. The number of nitrogens with zero attached hydrogens (tertiary/aromatic N) is 4. The number of hydrogen-bond acceptors (Lipinski definition) is 6. The van der Waals surface area contributed by atoms with Crippen molar-refractivity contribution in [3.8, 4) is 5.88 Å². The van der Waals surface area contributed by atoms with Crippen LogP contribution in [0, 0.1) is 19.8 Å². The van der Waals surface area contributed by atoms with E-state index >= 15 is 0 Å². The van der Waals surface area contributed by atoms with Crippen molar-refractivity contribution >= 4 is 5.91 Å². The maximum absolute atomic E-state index is 12.6. The van der Waals surface area contributed by atoms with E-state index in [0.29, 0.717) is 30.0 Å². The molecule has 0 bridgehead atoms. The summed E-state index contributed by atoms with van der Waals surface area (Å²) in [5.41, 5.74) is 2.36. The number of likely N-dealkylation sites (tertiary alicyclic amines) is 1. The van der Waals surface area contributed by atoms with Crippen LogP contribution >= 0.6 is 0 Å². The zero-order valence-electron chi connectivity index (χ0n) is 15.3. The number of aryl methyl sites for hydroxylation is 1. The predicted molar refractivity (Wildman–Crippen MR) is 94.1 cm³/mol. The van der Waals surface area contributed by atoms with E-state index in [1.165, 1.54) is 6.33 Å². The number of amides is 1. The Bertz CT molecular complexity index is 792. The maximum atomic E-state index is 12.6. The molecule has 2 aliphatic rings. The smallest absolute Gasteiger partial charge is 0.276 e. The fraction of sp³-hybridized carbons (Fsp3) is 0.579. The highest BCUT2D eigenvalue weighted by atomic mass is 16.5. The molecule has 3 heterocycles. The molecule has 2 fully saturated rings. The van der Waals surface area contributed by atoms with Crippen molar-refractivity contribution in [3.63, 3.8) is 0 Å². The van der Waals surface area contributed by atoms with E-state index < -0.39 is 0 Å². The predicted octanol–water partition coefficient (Wildman–Crippen LogP) is 2.89. The van der Waals surface area contributed by atoms with Gasteiger partial charge in [-0.05, 0) is 45.4 Å². The zero-order valence-corrected chi connectivity index (χ0v) is 15.3. The third-order valence-electron chi connectivity index (χ3n) is 5.37. The molecule has 4 rings (SSSR count). The van der Waals surface area contributed by atoms with Gasteiger partial charge in [0.05, 0.1) is 6.61 Å². The third-order valence-corrected chi connectivity index (χ3v) is 5.37. The summed E-state index contributed by atoms with van der Waals surface area (Å²) in [4.78, 5) is 22.8. The molecule has 2 aromatic heterocycles. The van der Waals surface area contributed by atoms with E-state index in [1.807, 2.05) is 24.8 Å². The molecule has 0 N–H and O–H groups in total. The van der Waals surface area contributed by atoms with E-state index in [2.05, 4.69) is 15.1 Å². The topological polar surface area (TPSA) is 81.4 Å². The zero-order chi connectivity index (χ0) is 18.1. The minimum Gasteiger partial charge on any atom is -0.477 e. The molecule has 1 saturated carbocycles. The first-order valence-electron chi connectivity index (χ1n) is 9.28. The van der Waals surface area contributed by atoms with E-state index in [-0.39, 0.29) is 5.91 Å². The van der Waals surface area contributed by atoms with Gasteiger partial charge in [-0.3, -0.25) is 4.79 Å². The molecule has 1 saturated heterocycles. The Morgan fingerprint density at radius 2 is 2.00 bits per heavy atom. The second-order valence-corrected chi connectivity index (χ2v) is 7.32. The lowest BCUT2D eigenvalue weighted by molar-refractivity contribution is 0.0649. The minimum absolute atomic E-state index is 0.0257. The highest BCUT2D eigenvalue weighted by molar-refractivity contribution is 5.92. The summed E-state index contributed by atoms with van der Waals surface area (Å²) in [5, 5.41) is 3.96. The van der Waals surface area contributed by atoms with E-state index in [1.54, 1.807) is 0 Å². The largest absolute Gasteiger partial charge is 0.477 e. The van der Waals surface area contributed by atoms with Crippen molar-refractivity contribution in [2.75, 3.05) is 19.7 Å². The van der Waals surface area contributed by atoms with Crippen molar-refractivity contribution < 1.29 is 14.1 Å². The second-order valence-electron chi connectivity index (χ2n) is 7.32. The van der Waals surface area contributed by atoms with Crippen LogP contribution in [0.5, 0.6) is 5.88 Å². The lowest BCUT2D eigenvalue weighted by Gasteiger charge is -2.31. The average molecular weight is 356 g/mol. The molecule has 1 aliphatic heterocycles. The van der Waals surface area contributed by atoms with E-state index in [0.717, 1.165) is 55.8 Å². The van der Waals surface area contributed by atoms with Crippen LogP contribution in [0.4, 0.5) is 0 Å². The van der Waals surface area contributed by atoms with Crippen LogP contribution in [-0.2, 0) is 0 Å². The van der Waals surface area contributed by atoms with E-state index in [9.17, 15) is 4.79 Å². The number of piperidine rings is 1. The number of carbonyl (C=O) groups excluding carboxylic acids is 1. The van der Waals surface area contributed by atoms with Gasteiger partial charge in [0.15, 0.2) is 5.69 Å². The van der Waals surface area contributed by atoms with Gasteiger partial charge in [-0.25, -0.2) is 9.97 Å². The van der Waals surface area contributed by atoms with Gasteiger partial charge in [0.1, 0.15) is 12.1 Å². The normalized spacial score (nSPS) is 18.2. The Morgan fingerprint density at radius 1 is 1.23 bits per heavy atom. The van der Waals surface area contributed by atoms with Crippen LogP contribution in [0.25, 0.3) is 0 Å². The third kappa shape index (κ3) is 3.57. The lowest BCUT2D eigenvalue weighted by Crippen LogP contribution is -2.39. The Balaban J connectivity index is 1.28. The summed E-state index contributed by atoms with van der Waals surface area (Å²) in [6.45, 7) is 5.99. The molecule has 26 heavy (non-hydrogen) atoms. The van der Waals surface area contributed by atoms with Crippen LogP contribution in [0.2, 0.25) is 0 Å². The van der Waals surface area contributed by atoms with Crippen LogP contribution in [0.1, 0.15) is 59.1 Å². The van der Waals surface area contributed by atoms with Gasteiger partial charge in [-0.2, -0.15) is 0 Å². The summed E-state index contributed by atoms with van der Waals surface area (Å²) in [5.74, 6) is 2.38. The quantitative estimate of drug-likeness (QED) is 0.819. The van der Waals surface area contributed by atoms with Crippen LogP contribution in [0.3, 0.4) is 0 Å². The Kier molecular flexibility index (Phi) is 4.61. The van der Waals surface area contributed by atoms with Crippen LogP contribution < -0.4 is 4.74 Å². The summed E-state index contributed by atoms with van der Waals surface area (Å²) < 4.78 is 11.2. The number of hydrogen-bond donors (Lipinski definition) is 0. The highest BCUT2D eigenvalue weighted by Gasteiger charge is 2.31. The van der Waals surface area contributed by atoms with E-state index in [4.69, 9.17) is 9.26 Å². The van der Waals surface area contributed by atoms with Gasteiger partial charge in [-0.15, -0.1) is 0 Å². The van der Waals surface area contributed by atoms with Gasteiger partial charge in [-0.1, -0.05) is 5.16 Å². The average Bonchev–Trinajstić information content (AvgIpc) is 3.40. The summed E-state index contributed by atoms with van der Waals surface area (Å²) >= 11 is 0. The van der Waals surface area contributed by atoms with Crippen molar-refractivity contribution in [1.29, 1.82) is 0 Å². The Labute approximate surface area is 152 Å². The number of aromatic nitrogens is 3. The maximum Gasteiger partial charge on any atom is 0.276 e. The van der Waals surface area contributed by atoms with Gasteiger partial charge in [0.2, 0.25) is 5.88 Å². The molecule has 1 aliphatic carbocycles. The van der Waals surface area contributed by atoms with Gasteiger partial charge >= 0.3 is 0 Å². The van der Waals surface area contributed by atoms with Gasteiger partial charge in [0.25, 0.3) is 5.91 Å². The molecule has 1 amide bonds. The fourth-order valence-electron chi connectivity index (χ4n) is 3.27. The van der Waals surface area contributed by atoms with Crippen LogP contribution in [-0.4, -0.2) is 45.6 Å². The number of ether oxygens (including phenoxy) is 1. The Hall–Kier alpha value is -2.44. The summed E-state index contributed by atoms with van der Waals surface area (Å²) in [6.07, 6.45) is 5.65. The van der Waals surface area contributed by atoms with Crippen molar-refractivity contribution in [3.05, 3.63) is 35.1 Å². The first kappa shape index (κ1) is 17.0. The molecule has 0 unspecified atom stereocenters. The van der Waals surface area contributed by atoms with Gasteiger partial charge in [0, 0.05) is 36.3 Å². The molecule has 7 heteroatoms.